The van der Waals surface area contributed by atoms with E-state index in [1.165, 1.54) is 31.5 Å². The first-order valence-corrected chi connectivity index (χ1v) is 7.59. The van der Waals surface area contributed by atoms with Crippen molar-refractivity contribution in [1.82, 2.24) is 10.2 Å². The second-order valence-corrected chi connectivity index (χ2v) is 5.84. The molecule has 0 radical (unpaired) electrons. The van der Waals surface area contributed by atoms with Crippen LogP contribution in [0.5, 0.6) is 11.5 Å². The zero-order chi connectivity index (χ0) is 13.8. The van der Waals surface area contributed by atoms with Crippen molar-refractivity contribution in [1.29, 1.82) is 0 Å². The Morgan fingerprint density at radius 3 is 3.10 bits per heavy atom. The maximum Gasteiger partial charge on any atom is 0.165 e. The molecule has 2 aliphatic heterocycles. The predicted octanol–water partition coefficient (Wildman–Crippen LogP) is 1.89. The molecule has 4 heteroatoms. The maximum atomic E-state index is 5.74. The van der Waals surface area contributed by atoms with Crippen LogP contribution in [-0.2, 0) is 6.54 Å². The van der Waals surface area contributed by atoms with Gasteiger partial charge in [0.05, 0.1) is 0 Å². The van der Waals surface area contributed by atoms with E-state index >= 15 is 0 Å². The molecule has 20 heavy (non-hydrogen) atoms. The second-order valence-electron chi connectivity index (χ2n) is 5.84. The Bertz CT molecular complexity index is 450. The Kier molecular flexibility index (Phi) is 4.43. The van der Waals surface area contributed by atoms with Crippen molar-refractivity contribution in [2.24, 2.45) is 5.92 Å². The fraction of sp³-hybridized carbons (Fsp3) is 0.625. The van der Waals surface area contributed by atoms with E-state index in [2.05, 4.69) is 23.3 Å². The van der Waals surface area contributed by atoms with Crippen molar-refractivity contribution < 1.29 is 9.47 Å². The normalized spacial score (nSPS) is 22.8. The van der Waals surface area contributed by atoms with Gasteiger partial charge in [-0.1, -0.05) is 12.1 Å². The van der Waals surface area contributed by atoms with Crippen molar-refractivity contribution in [2.75, 3.05) is 39.9 Å². The Morgan fingerprint density at radius 2 is 2.20 bits per heavy atom. The summed E-state index contributed by atoms with van der Waals surface area (Å²) in [7, 11) is 2.21. The average molecular weight is 276 g/mol. The summed E-state index contributed by atoms with van der Waals surface area (Å²) in [6.45, 7) is 5.69. The van der Waals surface area contributed by atoms with Crippen molar-refractivity contribution in [3.63, 3.8) is 0 Å². The molecule has 110 valence electrons. The average Bonchev–Trinajstić information content (AvgIpc) is 2.48. The summed E-state index contributed by atoms with van der Waals surface area (Å²) in [5, 5.41) is 3.58. The van der Waals surface area contributed by atoms with E-state index in [1.807, 2.05) is 12.1 Å². The van der Waals surface area contributed by atoms with Gasteiger partial charge in [-0.15, -0.1) is 0 Å². The topological polar surface area (TPSA) is 33.7 Å². The van der Waals surface area contributed by atoms with E-state index in [4.69, 9.17) is 9.47 Å². The highest BCUT2D eigenvalue weighted by Gasteiger charge is 2.18. The maximum absolute atomic E-state index is 5.74. The van der Waals surface area contributed by atoms with Gasteiger partial charge in [0.25, 0.3) is 0 Å². The van der Waals surface area contributed by atoms with Crippen LogP contribution < -0.4 is 14.8 Å². The molecule has 0 saturated carbocycles. The minimum atomic E-state index is 0.650. The third-order valence-electron chi connectivity index (χ3n) is 4.12. The van der Waals surface area contributed by atoms with E-state index in [0.29, 0.717) is 13.2 Å². The Labute approximate surface area is 121 Å². The summed E-state index contributed by atoms with van der Waals surface area (Å²) in [5.41, 5.74) is 1.20. The third kappa shape index (κ3) is 3.25. The molecule has 2 heterocycles. The Hall–Kier alpha value is -1.26. The van der Waals surface area contributed by atoms with Crippen LogP contribution in [-0.4, -0.2) is 44.8 Å². The SMILES string of the molecule is CN1CCC[C@@H](CNCc2cccc3c2OCCO3)C1. The lowest BCUT2D eigenvalue weighted by Gasteiger charge is -2.30. The number of likely N-dealkylation sites (tertiary alicyclic amines) is 1. The summed E-state index contributed by atoms with van der Waals surface area (Å²) in [6, 6.07) is 6.14. The molecule has 0 amide bonds. The largest absolute Gasteiger partial charge is 0.486 e. The molecule has 0 unspecified atom stereocenters. The van der Waals surface area contributed by atoms with Crippen LogP contribution >= 0.6 is 0 Å². The number of hydrogen-bond donors (Lipinski definition) is 1. The van der Waals surface area contributed by atoms with Gasteiger partial charge in [-0.25, -0.2) is 0 Å². The molecule has 0 bridgehead atoms. The van der Waals surface area contributed by atoms with Gasteiger partial charge in [-0.3, -0.25) is 0 Å². The van der Waals surface area contributed by atoms with Gasteiger partial charge in [0.15, 0.2) is 11.5 Å². The standard InChI is InChI=1S/C16H24N2O2/c1-18-7-3-4-13(12-18)10-17-11-14-5-2-6-15-16(14)20-9-8-19-15/h2,5-6,13,17H,3-4,7-12H2,1H3/t13-/m0/s1. The van der Waals surface area contributed by atoms with E-state index in [-0.39, 0.29) is 0 Å². The van der Waals surface area contributed by atoms with Crippen molar-refractivity contribution in [3.8, 4) is 11.5 Å². The lowest BCUT2D eigenvalue weighted by molar-refractivity contribution is 0.169. The summed E-state index contributed by atoms with van der Waals surface area (Å²) in [4.78, 5) is 2.43. The molecule has 4 nitrogen and oxygen atoms in total. The minimum absolute atomic E-state index is 0.650. The van der Waals surface area contributed by atoms with Gasteiger partial charge in [-0.05, 0) is 45.0 Å². The summed E-state index contributed by atoms with van der Waals surface area (Å²) in [5.74, 6) is 2.57. The van der Waals surface area contributed by atoms with Gasteiger partial charge in [-0.2, -0.15) is 0 Å². The molecular formula is C16H24N2O2. The lowest BCUT2D eigenvalue weighted by atomic mass is 9.98. The number of fused-ring (bicyclic) bond motifs is 1. The van der Waals surface area contributed by atoms with Crippen LogP contribution in [0.15, 0.2) is 18.2 Å². The molecule has 0 aliphatic carbocycles. The molecule has 1 N–H and O–H groups in total. The number of nitrogens with zero attached hydrogens (tertiary/aromatic N) is 1. The first kappa shape index (κ1) is 13.7. The molecule has 1 aromatic rings. The van der Waals surface area contributed by atoms with Gasteiger partial charge in [0, 0.05) is 18.7 Å². The molecule has 2 aliphatic rings. The highest BCUT2D eigenvalue weighted by molar-refractivity contribution is 5.47. The van der Waals surface area contributed by atoms with Crippen LogP contribution in [0, 0.1) is 5.92 Å². The summed E-state index contributed by atoms with van der Waals surface area (Å²) in [6.07, 6.45) is 2.66. The molecule has 3 rings (SSSR count). The second kappa shape index (κ2) is 6.46. The molecule has 1 saturated heterocycles. The van der Waals surface area contributed by atoms with Crippen LogP contribution in [0.1, 0.15) is 18.4 Å². The number of ether oxygens (including phenoxy) is 2. The zero-order valence-corrected chi connectivity index (χ0v) is 12.2. The van der Waals surface area contributed by atoms with Crippen molar-refractivity contribution >= 4 is 0 Å². The highest BCUT2D eigenvalue weighted by Crippen LogP contribution is 2.33. The molecule has 1 fully saturated rings. The van der Waals surface area contributed by atoms with Gasteiger partial charge in [0.2, 0.25) is 0 Å². The third-order valence-corrected chi connectivity index (χ3v) is 4.12. The van der Waals surface area contributed by atoms with E-state index in [1.54, 1.807) is 0 Å². The molecule has 1 atom stereocenters. The van der Waals surface area contributed by atoms with Crippen LogP contribution in [0.2, 0.25) is 0 Å². The quantitative estimate of drug-likeness (QED) is 0.910. The van der Waals surface area contributed by atoms with Crippen LogP contribution in [0.3, 0.4) is 0 Å². The first-order valence-electron chi connectivity index (χ1n) is 7.59. The Balaban J connectivity index is 1.53. The summed E-state index contributed by atoms with van der Waals surface area (Å²) >= 11 is 0. The van der Waals surface area contributed by atoms with Crippen LogP contribution in [0.25, 0.3) is 0 Å². The van der Waals surface area contributed by atoms with Crippen molar-refractivity contribution in [2.45, 2.75) is 19.4 Å². The van der Waals surface area contributed by atoms with Gasteiger partial charge >= 0.3 is 0 Å². The number of piperidine rings is 1. The molecule has 0 aromatic heterocycles. The zero-order valence-electron chi connectivity index (χ0n) is 12.2. The number of benzene rings is 1. The van der Waals surface area contributed by atoms with Crippen molar-refractivity contribution in [3.05, 3.63) is 23.8 Å². The number of nitrogens with one attached hydrogen (secondary N) is 1. The van der Waals surface area contributed by atoms with Crippen LogP contribution in [0.4, 0.5) is 0 Å². The Morgan fingerprint density at radius 1 is 1.30 bits per heavy atom. The van der Waals surface area contributed by atoms with E-state index in [9.17, 15) is 0 Å². The fourth-order valence-corrected chi connectivity index (χ4v) is 3.12. The number of rotatable bonds is 4. The van der Waals surface area contributed by atoms with Gasteiger partial charge < -0.3 is 19.7 Å². The fourth-order valence-electron chi connectivity index (χ4n) is 3.12. The molecule has 0 spiro atoms. The molecule has 1 aromatic carbocycles. The monoisotopic (exact) mass is 276 g/mol. The smallest absolute Gasteiger partial charge is 0.165 e. The number of para-hydroxylation sites is 1. The lowest BCUT2D eigenvalue weighted by Crippen LogP contribution is -2.37. The van der Waals surface area contributed by atoms with Gasteiger partial charge in [0.1, 0.15) is 13.2 Å². The first-order chi connectivity index (χ1) is 9.83. The number of hydrogen-bond acceptors (Lipinski definition) is 4. The van der Waals surface area contributed by atoms with E-state index in [0.717, 1.165) is 30.5 Å². The molecular weight excluding hydrogens is 252 g/mol. The highest BCUT2D eigenvalue weighted by atomic mass is 16.6. The predicted molar refractivity (Wildman–Crippen MR) is 79.4 cm³/mol. The summed E-state index contributed by atoms with van der Waals surface area (Å²) < 4.78 is 11.4. The minimum Gasteiger partial charge on any atom is -0.486 e. The van der Waals surface area contributed by atoms with E-state index < -0.39 is 0 Å².